The van der Waals surface area contributed by atoms with Crippen molar-refractivity contribution in [2.24, 2.45) is 5.73 Å². The lowest BCUT2D eigenvalue weighted by Gasteiger charge is -2.14. The van der Waals surface area contributed by atoms with Gasteiger partial charge < -0.3 is 5.73 Å². The van der Waals surface area contributed by atoms with Crippen molar-refractivity contribution < 1.29 is 0 Å². The first-order chi connectivity index (χ1) is 8.97. The number of halogens is 4. The molecule has 1 atom stereocenters. The van der Waals surface area contributed by atoms with E-state index in [9.17, 15) is 0 Å². The summed E-state index contributed by atoms with van der Waals surface area (Å²) in [6.45, 7) is 0. The molecule has 1 unspecified atom stereocenters. The minimum atomic E-state index is -0.374. The molecule has 0 bridgehead atoms. The summed E-state index contributed by atoms with van der Waals surface area (Å²) in [7, 11) is 0. The number of benzene rings is 1. The van der Waals surface area contributed by atoms with E-state index in [-0.39, 0.29) is 6.04 Å². The normalized spacial score (nSPS) is 12.5. The van der Waals surface area contributed by atoms with Crippen molar-refractivity contribution in [2.75, 3.05) is 0 Å². The lowest BCUT2D eigenvalue weighted by atomic mass is 10.0. The van der Waals surface area contributed by atoms with Gasteiger partial charge in [-0.1, -0.05) is 46.4 Å². The van der Waals surface area contributed by atoms with Crippen LogP contribution in [-0.2, 0) is 6.42 Å². The second-order valence-electron chi connectivity index (χ2n) is 4.07. The summed E-state index contributed by atoms with van der Waals surface area (Å²) in [6.07, 6.45) is 2.01. The molecule has 0 fully saturated rings. The molecule has 1 heterocycles. The van der Waals surface area contributed by atoms with E-state index >= 15 is 0 Å². The highest BCUT2D eigenvalue weighted by Gasteiger charge is 2.15. The smallest absolute Gasteiger partial charge is 0.0761 e. The lowest BCUT2D eigenvalue weighted by molar-refractivity contribution is 0.697. The van der Waals surface area contributed by atoms with Gasteiger partial charge in [0, 0.05) is 16.2 Å². The van der Waals surface area contributed by atoms with E-state index < -0.39 is 0 Å². The van der Waals surface area contributed by atoms with Crippen molar-refractivity contribution in [1.29, 1.82) is 0 Å². The molecule has 6 heteroatoms. The van der Waals surface area contributed by atoms with Crippen LogP contribution in [0.15, 0.2) is 30.5 Å². The predicted octanol–water partition coefficient (Wildman–Crippen LogP) is 4.94. The van der Waals surface area contributed by atoms with Crippen molar-refractivity contribution in [1.82, 2.24) is 4.98 Å². The van der Waals surface area contributed by atoms with Gasteiger partial charge >= 0.3 is 0 Å². The highest BCUT2D eigenvalue weighted by atomic mass is 35.5. The molecule has 0 amide bonds. The number of pyridine rings is 1. The molecule has 0 aliphatic heterocycles. The average molecular weight is 336 g/mol. The van der Waals surface area contributed by atoms with Gasteiger partial charge in [-0.15, -0.1) is 0 Å². The van der Waals surface area contributed by atoms with E-state index in [0.29, 0.717) is 32.2 Å². The molecule has 1 aromatic carbocycles. The highest BCUT2D eigenvalue weighted by Crippen LogP contribution is 2.28. The molecule has 2 nitrogen and oxygen atoms in total. The Balaban J connectivity index is 2.25. The van der Waals surface area contributed by atoms with Crippen molar-refractivity contribution >= 4 is 46.4 Å². The molecule has 0 aliphatic carbocycles. The van der Waals surface area contributed by atoms with Crippen LogP contribution in [0.1, 0.15) is 17.3 Å². The zero-order valence-electron chi connectivity index (χ0n) is 9.71. The molecule has 0 saturated heterocycles. The van der Waals surface area contributed by atoms with Crippen molar-refractivity contribution in [3.63, 3.8) is 0 Å². The third-order valence-electron chi connectivity index (χ3n) is 2.64. The molecule has 2 aromatic rings. The van der Waals surface area contributed by atoms with Crippen LogP contribution in [0, 0.1) is 0 Å². The zero-order valence-corrected chi connectivity index (χ0v) is 12.7. The summed E-state index contributed by atoms with van der Waals surface area (Å²) in [4.78, 5) is 4.16. The highest BCUT2D eigenvalue weighted by molar-refractivity contribution is 6.35. The molecule has 1 aromatic heterocycles. The quantitative estimate of drug-likeness (QED) is 0.862. The SMILES string of the molecule is NC(Cc1cc(Cl)ccc1Cl)c1ncc(Cl)cc1Cl. The molecule has 2 rings (SSSR count). The Morgan fingerprint density at radius 2 is 1.74 bits per heavy atom. The number of rotatable bonds is 3. The van der Waals surface area contributed by atoms with E-state index in [1.54, 1.807) is 24.3 Å². The van der Waals surface area contributed by atoms with Crippen molar-refractivity contribution in [3.8, 4) is 0 Å². The fourth-order valence-corrected chi connectivity index (χ4v) is 2.64. The Hall–Kier alpha value is -0.510. The van der Waals surface area contributed by atoms with E-state index in [1.807, 2.05) is 0 Å². The van der Waals surface area contributed by atoms with Gasteiger partial charge in [0.05, 0.1) is 21.8 Å². The summed E-state index contributed by atoms with van der Waals surface area (Å²) >= 11 is 23.9. The Kier molecular flexibility index (Phi) is 4.93. The molecular weight excluding hydrogens is 326 g/mol. The predicted molar refractivity (Wildman–Crippen MR) is 81.4 cm³/mol. The molecule has 100 valence electrons. The summed E-state index contributed by atoms with van der Waals surface area (Å²) in [6, 6.07) is 6.49. The minimum Gasteiger partial charge on any atom is -0.322 e. The van der Waals surface area contributed by atoms with Crippen LogP contribution in [-0.4, -0.2) is 4.98 Å². The van der Waals surface area contributed by atoms with Gasteiger partial charge in [0.25, 0.3) is 0 Å². The van der Waals surface area contributed by atoms with Crippen LogP contribution >= 0.6 is 46.4 Å². The van der Waals surface area contributed by atoms with Crippen LogP contribution in [0.4, 0.5) is 0 Å². The number of hydrogen-bond donors (Lipinski definition) is 1. The summed E-state index contributed by atoms with van der Waals surface area (Å²) < 4.78 is 0. The van der Waals surface area contributed by atoms with Crippen LogP contribution in [0.3, 0.4) is 0 Å². The number of aromatic nitrogens is 1. The van der Waals surface area contributed by atoms with E-state index in [4.69, 9.17) is 52.1 Å². The van der Waals surface area contributed by atoms with Gasteiger partial charge in [0.15, 0.2) is 0 Å². The third-order valence-corrected chi connectivity index (χ3v) is 3.75. The number of nitrogens with two attached hydrogens (primary N) is 1. The molecule has 0 aliphatic rings. The second kappa shape index (κ2) is 6.29. The molecule has 19 heavy (non-hydrogen) atoms. The van der Waals surface area contributed by atoms with Crippen LogP contribution < -0.4 is 5.73 Å². The summed E-state index contributed by atoms with van der Waals surface area (Å²) in [5, 5.41) is 2.14. The van der Waals surface area contributed by atoms with Crippen molar-refractivity contribution in [2.45, 2.75) is 12.5 Å². The van der Waals surface area contributed by atoms with E-state index in [2.05, 4.69) is 4.98 Å². The molecule has 2 N–H and O–H groups in total. The van der Waals surface area contributed by atoms with Gasteiger partial charge in [0.1, 0.15) is 0 Å². The summed E-state index contributed by atoms with van der Waals surface area (Å²) in [5.41, 5.74) is 7.55. The number of nitrogens with zero attached hydrogens (tertiary/aromatic N) is 1. The average Bonchev–Trinajstić information content (AvgIpc) is 2.33. The van der Waals surface area contributed by atoms with E-state index in [0.717, 1.165) is 5.56 Å². The maximum atomic E-state index is 6.11. The van der Waals surface area contributed by atoms with Crippen LogP contribution in [0.25, 0.3) is 0 Å². The van der Waals surface area contributed by atoms with Gasteiger partial charge in [0.2, 0.25) is 0 Å². The summed E-state index contributed by atoms with van der Waals surface area (Å²) in [5.74, 6) is 0. The maximum absolute atomic E-state index is 6.11. The van der Waals surface area contributed by atoms with Gasteiger partial charge in [-0.05, 0) is 36.2 Å². The Morgan fingerprint density at radius 1 is 1.00 bits per heavy atom. The largest absolute Gasteiger partial charge is 0.322 e. The fraction of sp³-hybridized carbons (Fsp3) is 0.154. The Morgan fingerprint density at radius 3 is 2.42 bits per heavy atom. The third kappa shape index (κ3) is 3.74. The molecule has 0 spiro atoms. The van der Waals surface area contributed by atoms with Crippen LogP contribution in [0.5, 0.6) is 0 Å². The molecule has 0 saturated carbocycles. The molecule has 0 radical (unpaired) electrons. The van der Waals surface area contributed by atoms with Crippen molar-refractivity contribution in [3.05, 3.63) is 61.8 Å². The first-order valence-corrected chi connectivity index (χ1v) is 6.99. The molecular formula is C13H10Cl4N2. The van der Waals surface area contributed by atoms with Gasteiger partial charge in [-0.3, -0.25) is 4.98 Å². The van der Waals surface area contributed by atoms with Gasteiger partial charge in [-0.2, -0.15) is 0 Å². The Bertz CT molecular complexity index is 601. The Labute approximate surface area is 131 Å². The van der Waals surface area contributed by atoms with Crippen LogP contribution in [0.2, 0.25) is 20.1 Å². The standard InChI is InChI=1S/C13H10Cl4N2/c14-8-1-2-10(16)7(3-8)4-12(18)13-11(17)5-9(15)6-19-13/h1-3,5-6,12H,4,18H2. The fourth-order valence-electron chi connectivity index (χ4n) is 1.73. The zero-order chi connectivity index (χ0) is 14.0. The lowest BCUT2D eigenvalue weighted by Crippen LogP contribution is -2.15. The monoisotopic (exact) mass is 334 g/mol. The van der Waals surface area contributed by atoms with Gasteiger partial charge in [-0.25, -0.2) is 0 Å². The number of hydrogen-bond acceptors (Lipinski definition) is 2. The topological polar surface area (TPSA) is 38.9 Å². The minimum absolute atomic E-state index is 0.374. The first-order valence-electron chi connectivity index (χ1n) is 5.48. The van der Waals surface area contributed by atoms with E-state index in [1.165, 1.54) is 6.20 Å². The first kappa shape index (κ1) is 14.9. The maximum Gasteiger partial charge on any atom is 0.0761 e. The second-order valence-corrected chi connectivity index (χ2v) is 5.75.